The highest BCUT2D eigenvalue weighted by molar-refractivity contribution is 5.97. The van der Waals surface area contributed by atoms with Gasteiger partial charge >= 0.3 is 0 Å². The maximum Gasteiger partial charge on any atom is 0.215 e. The Balaban J connectivity index is 1.96. The van der Waals surface area contributed by atoms with Gasteiger partial charge in [-0.2, -0.15) is 5.01 Å². The molecular weight excluding hydrogens is 251 g/mol. The van der Waals surface area contributed by atoms with Crippen LogP contribution in [0.1, 0.15) is 23.6 Å². The molecule has 0 saturated carbocycles. The van der Waals surface area contributed by atoms with E-state index >= 15 is 0 Å². The standard InChI is InChI=1S/C17H18FN2/c1-19-16(13-8-4-3-5-9-13)12-17(20(19)2)14-10-6-7-11-15(14)18/h3-11,17H,12H2,1-2H3/q+1. The van der Waals surface area contributed by atoms with Crippen molar-refractivity contribution >= 4 is 5.71 Å². The Hall–Kier alpha value is -2.16. The topological polar surface area (TPSA) is 6.25 Å². The summed E-state index contributed by atoms with van der Waals surface area (Å²) in [6.45, 7) is 0. The van der Waals surface area contributed by atoms with Gasteiger partial charge in [-0.3, -0.25) is 0 Å². The first-order valence-corrected chi connectivity index (χ1v) is 6.80. The molecule has 1 aliphatic rings. The van der Waals surface area contributed by atoms with Gasteiger partial charge in [0.15, 0.2) is 7.05 Å². The second-order valence-electron chi connectivity index (χ2n) is 5.15. The molecule has 0 saturated heterocycles. The lowest BCUT2D eigenvalue weighted by atomic mass is 9.98. The second kappa shape index (κ2) is 5.08. The zero-order valence-electron chi connectivity index (χ0n) is 11.8. The number of hydrazine groups is 1. The van der Waals surface area contributed by atoms with Crippen LogP contribution in [0.2, 0.25) is 0 Å². The van der Waals surface area contributed by atoms with E-state index in [0.717, 1.165) is 12.0 Å². The average molecular weight is 269 g/mol. The van der Waals surface area contributed by atoms with Crippen LogP contribution in [0.3, 0.4) is 0 Å². The third-order valence-electron chi connectivity index (χ3n) is 4.07. The lowest BCUT2D eigenvalue weighted by molar-refractivity contribution is -0.660. The molecule has 2 aromatic carbocycles. The van der Waals surface area contributed by atoms with E-state index in [0.29, 0.717) is 0 Å². The van der Waals surface area contributed by atoms with Gasteiger partial charge in [-0.05, 0) is 18.2 Å². The smallest absolute Gasteiger partial charge is 0.207 e. The fraction of sp³-hybridized carbons (Fsp3) is 0.235. The van der Waals surface area contributed by atoms with Crippen LogP contribution in [-0.4, -0.2) is 29.5 Å². The van der Waals surface area contributed by atoms with E-state index in [4.69, 9.17) is 0 Å². The highest BCUT2D eigenvalue weighted by Gasteiger charge is 2.37. The molecule has 0 radical (unpaired) electrons. The fourth-order valence-corrected chi connectivity index (χ4v) is 2.84. The van der Waals surface area contributed by atoms with Crippen molar-refractivity contribution in [3.05, 3.63) is 71.5 Å². The third kappa shape index (κ3) is 2.09. The van der Waals surface area contributed by atoms with Gasteiger partial charge in [0.2, 0.25) is 5.71 Å². The second-order valence-corrected chi connectivity index (χ2v) is 5.15. The van der Waals surface area contributed by atoms with Crippen molar-refractivity contribution in [2.75, 3.05) is 14.1 Å². The molecule has 0 fully saturated rings. The normalized spacial score (nSPS) is 18.8. The molecule has 0 amide bonds. The Kier molecular flexibility index (Phi) is 3.26. The maximum atomic E-state index is 14.0. The summed E-state index contributed by atoms with van der Waals surface area (Å²) >= 11 is 0. The van der Waals surface area contributed by atoms with Gasteiger partial charge in [-0.25, -0.2) is 4.39 Å². The van der Waals surface area contributed by atoms with E-state index in [2.05, 4.69) is 21.8 Å². The predicted octanol–water partition coefficient (Wildman–Crippen LogP) is 3.25. The quantitative estimate of drug-likeness (QED) is 0.759. The fourth-order valence-electron chi connectivity index (χ4n) is 2.84. The Morgan fingerprint density at radius 3 is 2.40 bits per heavy atom. The summed E-state index contributed by atoms with van der Waals surface area (Å²) in [7, 11) is 4.04. The highest BCUT2D eigenvalue weighted by Crippen LogP contribution is 2.31. The van der Waals surface area contributed by atoms with Gasteiger partial charge < -0.3 is 0 Å². The van der Waals surface area contributed by atoms with E-state index in [9.17, 15) is 4.39 Å². The summed E-state index contributed by atoms with van der Waals surface area (Å²) in [6, 6.07) is 17.4. The maximum absolute atomic E-state index is 14.0. The minimum atomic E-state index is -0.132. The molecule has 3 heteroatoms. The van der Waals surface area contributed by atoms with Crippen LogP contribution in [0.15, 0.2) is 54.6 Å². The average Bonchev–Trinajstić information content (AvgIpc) is 2.77. The van der Waals surface area contributed by atoms with E-state index in [1.807, 2.05) is 44.4 Å². The van der Waals surface area contributed by atoms with Gasteiger partial charge in [0.1, 0.15) is 11.9 Å². The molecule has 0 N–H and O–H groups in total. The molecule has 0 bridgehead atoms. The molecule has 102 valence electrons. The van der Waals surface area contributed by atoms with Crippen LogP contribution in [0, 0.1) is 5.82 Å². The number of hydrazone groups is 1. The number of nitrogens with zero attached hydrogens (tertiary/aromatic N) is 2. The van der Waals surface area contributed by atoms with Crippen LogP contribution in [-0.2, 0) is 0 Å². The van der Waals surface area contributed by atoms with Crippen molar-refractivity contribution in [1.82, 2.24) is 5.01 Å². The molecule has 20 heavy (non-hydrogen) atoms. The molecule has 1 heterocycles. The first-order valence-electron chi connectivity index (χ1n) is 6.80. The molecule has 1 atom stereocenters. The Bertz CT molecular complexity index is 649. The van der Waals surface area contributed by atoms with Gasteiger partial charge in [-0.15, -0.1) is 4.68 Å². The molecule has 0 aromatic heterocycles. The zero-order valence-corrected chi connectivity index (χ0v) is 11.8. The summed E-state index contributed by atoms with van der Waals surface area (Å²) in [6.07, 6.45) is 0.817. The van der Waals surface area contributed by atoms with Crippen molar-refractivity contribution in [3.63, 3.8) is 0 Å². The van der Waals surface area contributed by atoms with Crippen LogP contribution < -0.4 is 0 Å². The summed E-state index contributed by atoms with van der Waals surface area (Å²) in [5, 5.41) is 2.10. The predicted molar refractivity (Wildman–Crippen MR) is 78.3 cm³/mol. The van der Waals surface area contributed by atoms with E-state index in [1.165, 1.54) is 17.3 Å². The first kappa shape index (κ1) is 12.9. The molecule has 3 rings (SSSR count). The van der Waals surface area contributed by atoms with Crippen molar-refractivity contribution in [2.45, 2.75) is 12.5 Å². The molecule has 0 aliphatic carbocycles. The largest absolute Gasteiger partial charge is 0.215 e. The zero-order chi connectivity index (χ0) is 14.1. The van der Waals surface area contributed by atoms with Gasteiger partial charge in [-0.1, -0.05) is 36.4 Å². The first-order chi connectivity index (χ1) is 9.68. The minimum Gasteiger partial charge on any atom is -0.207 e. The van der Waals surface area contributed by atoms with E-state index in [1.54, 1.807) is 6.07 Å². The summed E-state index contributed by atoms with van der Waals surface area (Å²) in [4.78, 5) is 0. The van der Waals surface area contributed by atoms with Crippen LogP contribution in [0.25, 0.3) is 0 Å². The van der Waals surface area contributed by atoms with Crippen molar-refractivity contribution in [1.29, 1.82) is 0 Å². The third-order valence-corrected chi connectivity index (χ3v) is 4.07. The van der Waals surface area contributed by atoms with Crippen LogP contribution >= 0.6 is 0 Å². The number of halogens is 1. The van der Waals surface area contributed by atoms with Crippen molar-refractivity contribution < 1.29 is 9.07 Å². The minimum absolute atomic E-state index is 0.0522. The Morgan fingerprint density at radius 2 is 1.70 bits per heavy atom. The molecule has 1 aliphatic heterocycles. The number of benzene rings is 2. The number of hydrogen-bond donors (Lipinski definition) is 0. The van der Waals surface area contributed by atoms with Gasteiger partial charge in [0.05, 0.1) is 13.5 Å². The SMILES string of the molecule is CN1C(c2ccccc2F)CC(c2ccccc2)=[N+]1C. The Labute approximate surface area is 118 Å². The lowest BCUT2D eigenvalue weighted by Gasteiger charge is -2.17. The monoisotopic (exact) mass is 269 g/mol. The highest BCUT2D eigenvalue weighted by atomic mass is 19.1. The molecule has 2 nitrogen and oxygen atoms in total. The Morgan fingerprint density at radius 1 is 1.05 bits per heavy atom. The van der Waals surface area contributed by atoms with E-state index in [-0.39, 0.29) is 11.9 Å². The van der Waals surface area contributed by atoms with Crippen LogP contribution in [0.4, 0.5) is 4.39 Å². The van der Waals surface area contributed by atoms with Gasteiger partial charge in [0.25, 0.3) is 0 Å². The number of rotatable bonds is 2. The molecule has 2 aromatic rings. The molecule has 1 unspecified atom stereocenters. The molecule has 0 spiro atoms. The lowest BCUT2D eigenvalue weighted by Crippen LogP contribution is -2.28. The van der Waals surface area contributed by atoms with Crippen LogP contribution in [0.5, 0.6) is 0 Å². The van der Waals surface area contributed by atoms with E-state index < -0.39 is 0 Å². The summed E-state index contributed by atoms with van der Waals surface area (Å²) in [5.41, 5.74) is 3.18. The van der Waals surface area contributed by atoms with Crippen molar-refractivity contribution in [2.24, 2.45) is 0 Å². The van der Waals surface area contributed by atoms with Crippen molar-refractivity contribution in [3.8, 4) is 0 Å². The summed E-state index contributed by atoms with van der Waals surface area (Å²) < 4.78 is 16.1. The number of hydrogen-bond acceptors (Lipinski definition) is 1. The summed E-state index contributed by atoms with van der Waals surface area (Å²) in [5.74, 6) is -0.132. The van der Waals surface area contributed by atoms with Gasteiger partial charge in [0, 0.05) is 11.1 Å². The molecular formula is C17H18FN2+.